The Kier molecular flexibility index (Phi) is 3.19. The lowest BCUT2D eigenvalue weighted by atomic mass is 10.1. The second-order valence-electron chi connectivity index (χ2n) is 4.04. The number of fused-ring (bicyclic) bond motifs is 1. The number of rotatable bonds is 4. The Morgan fingerprint density at radius 1 is 1.11 bits per heavy atom. The van der Waals surface area contributed by atoms with E-state index in [-0.39, 0.29) is 0 Å². The molecule has 18 heavy (non-hydrogen) atoms. The van der Waals surface area contributed by atoms with Crippen LogP contribution in [-0.4, -0.2) is 16.5 Å². The van der Waals surface area contributed by atoms with Gasteiger partial charge in [0.15, 0.2) is 0 Å². The molecule has 4 heteroatoms. The number of pyridine rings is 1. The molecule has 0 bridgehead atoms. The van der Waals surface area contributed by atoms with Crippen LogP contribution in [0.1, 0.15) is 5.69 Å². The molecule has 2 aromatic heterocycles. The van der Waals surface area contributed by atoms with E-state index in [9.17, 15) is 0 Å². The maximum atomic E-state index is 4.40. The van der Waals surface area contributed by atoms with Crippen LogP contribution in [0.25, 0.3) is 10.8 Å². The second-order valence-corrected chi connectivity index (χ2v) is 4.76. The molecule has 0 spiro atoms. The van der Waals surface area contributed by atoms with Crippen LogP contribution in [-0.2, 0) is 6.42 Å². The molecular formula is C14H13N3S. The van der Waals surface area contributed by atoms with Gasteiger partial charge >= 0.3 is 0 Å². The Morgan fingerprint density at radius 3 is 2.94 bits per heavy atom. The fraction of sp³-hybridized carbons (Fsp3) is 0.143. The summed E-state index contributed by atoms with van der Waals surface area (Å²) in [6, 6.07) is 10.3. The summed E-state index contributed by atoms with van der Waals surface area (Å²) in [4.78, 5) is 8.66. The molecule has 3 nitrogen and oxygen atoms in total. The zero-order chi connectivity index (χ0) is 12.2. The lowest BCUT2D eigenvalue weighted by Crippen LogP contribution is -2.06. The lowest BCUT2D eigenvalue weighted by Gasteiger charge is -2.07. The van der Waals surface area contributed by atoms with Crippen LogP contribution < -0.4 is 5.32 Å². The molecule has 2 heterocycles. The number of nitrogens with one attached hydrogen (secondary N) is 1. The first-order valence-corrected chi connectivity index (χ1v) is 6.82. The van der Waals surface area contributed by atoms with Crippen LogP contribution in [0.2, 0.25) is 0 Å². The highest BCUT2D eigenvalue weighted by atomic mass is 32.1. The number of thiazole rings is 1. The molecule has 90 valence electrons. The summed E-state index contributed by atoms with van der Waals surface area (Å²) >= 11 is 1.63. The van der Waals surface area contributed by atoms with E-state index >= 15 is 0 Å². The van der Waals surface area contributed by atoms with Crippen molar-refractivity contribution in [1.82, 2.24) is 9.97 Å². The van der Waals surface area contributed by atoms with Crippen LogP contribution in [0.5, 0.6) is 0 Å². The average molecular weight is 255 g/mol. The van der Waals surface area contributed by atoms with Gasteiger partial charge in [-0.05, 0) is 11.5 Å². The van der Waals surface area contributed by atoms with E-state index in [1.807, 2.05) is 29.9 Å². The first-order chi connectivity index (χ1) is 8.93. The summed E-state index contributed by atoms with van der Waals surface area (Å²) in [6.45, 7) is 0.852. The van der Waals surface area contributed by atoms with Crippen LogP contribution in [0.3, 0.4) is 0 Å². The van der Waals surface area contributed by atoms with E-state index < -0.39 is 0 Å². The van der Waals surface area contributed by atoms with Crippen molar-refractivity contribution < 1.29 is 0 Å². The summed E-state index contributed by atoms with van der Waals surface area (Å²) in [5.41, 5.74) is 3.00. The van der Waals surface area contributed by atoms with Crippen molar-refractivity contribution in [3.63, 3.8) is 0 Å². The summed E-state index contributed by atoms with van der Waals surface area (Å²) in [5, 5.41) is 7.84. The van der Waals surface area contributed by atoms with Gasteiger partial charge in [0.1, 0.15) is 5.82 Å². The second kappa shape index (κ2) is 5.14. The molecular weight excluding hydrogens is 242 g/mol. The number of hydrogen-bond donors (Lipinski definition) is 1. The van der Waals surface area contributed by atoms with Crippen LogP contribution >= 0.6 is 11.3 Å². The highest BCUT2D eigenvalue weighted by Crippen LogP contribution is 2.20. The van der Waals surface area contributed by atoms with E-state index in [1.54, 1.807) is 11.3 Å². The maximum absolute atomic E-state index is 4.40. The zero-order valence-electron chi connectivity index (χ0n) is 9.84. The van der Waals surface area contributed by atoms with Gasteiger partial charge in [0, 0.05) is 29.9 Å². The normalized spacial score (nSPS) is 10.7. The molecule has 0 saturated carbocycles. The number of aromatic nitrogens is 2. The largest absolute Gasteiger partial charge is 0.369 e. The summed E-state index contributed by atoms with van der Waals surface area (Å²) in [5.74, 6) is 0.948. The molecule has 3 rings (SSSR count). The number of benzene rings is 1. The smallest absolute Gasteiger partial charge is 0.133 e. The third-order valence-electron chi connectivity index (χ3n) is 2.83. The average Bonchev–Trinajstić information content (AvgIpc) is 2.92. The number of hydrogen-bond acceptors (Lipinski definition) is 4. The predicted octanol–water partition coefficient (Wildman–Crippen LogP) is 3.35. The first kappa shape index (κ1) is 11.2. The lowest BCUT2D eigenvalue weighted by molar-refractivity contribution is 0.971. The van der Waals surface area contributed by atoms with E-state index in [0.29, 0.717) is 0 Å². The number of nitrogens with zero attached hydrogens (tertiary/aromatic N) is 2. The molecule has 0 fully saturated rings. The fourth-order valence-corrected chi connectivity index (χ4v) is 2.52. The van der Waals surface area contributed by atoms with Gasteiger partial charge in [-0.1, -0.05) is 24.3 Å². The van der Waals surface area contributed by atoms with Crippen molar-refractivity contribution in [2.24, 2.45) is 0 Å². The molecule has 0 aliphatic rings. The SMILES string of the molecule is c1ccc2c(NCCc3cscn3)nccc2c1. The number of anilines is 1. The monoisotopic (exact) mass is 255 g/mol. The summed E-state index contributed by atoms with van der Waals surface area (Å²) < 4.78 is 0. The fourth-order valence-electron chi connectivity index (χ4n) is 1.93. The van der Waals surface area contributed by atoms with Crippen molar-refractivity contribution in [2.45, 2.75) is 6.42 Å². The molecule has 0 saturated heterocycles. The van der Waals surface area contributed by atoms with Gasteiger partial charge in [0.2, 0.25) is 0 Å². The standard InChI is InChI=1S/C14H13N3S/c1-2-4-13-11(3-1)5-7-15-14(13)16-8-6-12-9-18-10-17-12/h1-5,7,9-10H,6,8H2,(H,15,16). The Bertz CT molecular complexity index is 629. The van der Waals surface area contributed by atoms with Crippen molar-refractivity contribution in [3.05, 3.63) is 53.1 Å². The molecule has 0 atom stereocenters. The predicted molar refractivity (Wildman–Crippen MR) is 76.1 cm³/mol. The molecule has 0 aliphatic heterocycles. The minimum Gasteiger partial charge on any atom is -0.369 e. The van der Waals surface area contributed by atoms with Crippen LogP contribution in [0.4, 0.5) is 5.82 Å². The molecule has 1 aromatic carbocycles. The molecule has 0 unspecified atom stereocenters. The van der Waals surface area contributed by atoms with Gasteiger partial charge in [0.05, 0.1) is 11.2 Å². The highest BCUT2D eigenvalue weighted by Gasteiger charge is 2.01. The van der Waals surface area contributed by atoms with Gasteiger partial charge in [-0.3, -0.25) is 0 Å². The minimum absolute atomic E-state index is 0.852. The van der Waals surface area contributed by atoms with Gasteiger partial charge in [-0.25, -0.2) is 9.97 Å². The Morgan fingerprint density at radius 2 is 2.06 bits per heavy atom. The van der Waals surface area contributed by atoms with Crippen molar-refractivity contribution in [3.8, 4) is 0 Å². The van der Waals surface area contributed by atoms with Gasteiger partial charge < -0.3 is 5.32 Å². The molecule has 0 radical (unpaired) electrons. The van der Waals surface area contributed by atoms with Gasteiger partial charge in [0.25, 0.3) is 0 Å². The summed E-state index contributed by atoms with van der Waals surface area (Å²) in [6.07, 6.45) is 2.77. The Balaban J connectivity index is 1.74. The van der Waals surface area contributed by atoms with Crippen molar-refractivity contribution in [1.29, 1.82) is 0 Å². The van der Waals surface area contributed by atoms with E-state index in [4.69, 9.17) is 0 Å². The topological polar surface area (TPSA) is 37.8 Å². The Labute approximate surface area is 110 Å². The van der Waals surface area contributed by atoms with Crippen LogP contribution in [0, 0.1) is 0 Å². The molecule has 1 N–H and O–H groups in total. The van der Waals surface area contributed by atoms with Gasteiger partial charge in [-0.15, -0.1) is 11.3 Å². The van der Waals surface area contributed by atoms with E-state index in [1.165, 1.54) is 10.8 Å². The van der Waals surface area contributed by atoms with Crippen molar-refractivity contribution in [2.75, 3.05) is 11.9 Å². The molecule has 3 aromatic rings. The Hall–Kier alpha value is -1.94. The quantitative estimate of drug-likeness (QED) is 0.777. The van der Waals surface area contributed by atoms with E-state index in [2.05, 4.69) is 32.8 Å². The summed E-state index contributed by atoms with van der Waals surface area (Å²) in [7, 11) is 0. The van der Waals surface area contributed by atoms with E-state index in [0.717, 1.165) is 24.5 Å². The van der Waals surface area contributed by atoms with Gasteiger partial charge in [-0.2, -0.15) is 0 Å². The highest BCUT2D eigenvalue weighted by molar-refractivity contribution is 7.07. The van der Waals surface area contributed by atoms with Crippen molar-refractivity contribution >= 4 is 27.9 Å². The first-order valence-electron chi connectivity index (χ1n) is 5.88. The third kappa shape index (κ3) is 2.33. The molecule has 0 amide bonds. The third-order valence-corrected chi connectivity index (χ3v) is 3.47. The maximum Gasteiger partial charge on any atom is 0.133 e. The zero-order valence-corrected chi connectivity index (χ0v) is 10.7. The van der Waals surface area contributed by atoms with Crippen LogP contribution in [0.15, 0.2) is 47.4 Å². The molecule has 0 aliphatic carbocycles. The minimum atomic E-state index is 0.852.